The average molecular weight is 244 g/mol. The summed E-state index contributed by atoms with van der Waals surface area (Å²) in [6.45, 7) is 2.62. The van der Waals surface area contributed by atoms with Crippen molar-refractivity contribution in [3.05, 3.63) is 59.7 Å². The van der Waals surface area contributed by atoms with E-state index in [2.05, 4.69) is 18.0 Å². The quantitative estimate of drug-likeness (QED) is 0.808. The highest BCUT2D eigenvalue weighted by atomic mass is 16.6. The van der Waals surface area contributed by atoms with E-state index < -0.39 is 0 Å². The molecular weight excluding hydrogens is 226 g/mol. The maximum absolute atomic E-state index is 5.81. The van der Waals surface area contributed by atoms with Gasteiger partial charge in [0.1, 0.15) is 12.4 Å². The van der Waals surface area contributed by atoms with Gasteiger partial charge in [-0.2, -0.15) is 0 Å². The van der Waals surface area contributed by atoms with E-state index in [1.165, 1.54) is 0 Å². The van der Waals surface area contributed by atoms with E-state index in [4.69, 9.17) is 9.57 Å². The summed E-state index contributed by atoms with van der Waals surface area (Å²) in [5.74, 6) is 0.933. The van der Waals surface area contributed by atoms with Crippen LogP contribution in [0.1, 0.15) is 12.0 Å². The Labute approximate surface area is 108 Å². The Morgan fingerprint density at radius 3 is 2.89 bits per heavy atom. The predicted octanol–water partition coefficient (Wildman–Crippen LogP) is 2.94. The van der Waals surface area contributed by atoms with Crippen LogP contribution in [-0.2, 0) is 4.84 Å². The van der Waals surface area contributed by atoms with Crippen LogP contribution < -0.4 is 10.2 Å². The molecule has 1 N–H and O–H groups in total. The zero-order valence-corrected chi connectivity index (χ0v) is 10.8. The molecule has 0 spiro atoms. The van der Waals surface area contributed by atoms with Crippen LogP contribution in [0.15, 0.2) is 47.7 Å². The molecular formula is C15H18NO2. The lowest BCUT2D eigenvalue weighted by molar-refractivity contribution is 0.120. The van der Waals surface area contributed by atoms with Crippen molar-refractivity contribution in [3.8, 4) is 5.75 Å². The van der Waals surface area contributed by atoms with E-state index >= 15 is 0 Å². The topological polar surface area (TPSA) is 30.5 Å². The summed E-state index contributed by atoms with van der Waals surface area (Å²) in [6, 6.07) is 8.03. The summed E-state index contributed by atoms with van der Waals surface area (Å²) in [5.41, 5.74) is 6.11. The fourth-order valence-corrected chi connectivity index (χ4v) is 1.82. The molecule has 18 heavy (non-hydrogen) atoms. The van der Waals surface area contributed by atoms with Crippen molar-refractivity contribution in [1.29, 1.82) is 0 Å². The summed E-state index contributed by atoms with van der Waals surface area (Å²) in [7, 11) is 1.61. The molecule has 0 saturated carbocycles. The molecule has 1 aromatic rings. The normalized spacial score (nSPS) is 14.8. The largest absolute Gasteiger partial charge is 0.489 e. The van der Waals surface area contributed by atoms with E-state index in [0.29, 0.717) is 6.61 Å². The molecule has 0 aromatic heterocycles. The lowest BCUT2D eigenvalue weighted by Crippen LogP contribution is -2.14. The highest BCUT2D eigenvalue weighted by Gasteiger charge is 2.07. The third-order valence-electron chi connectivity index (χ3n) is 2.77. The molecule has 0 atom stereocenters. The fourth-order valence-electron chi connectivity index (χ4n) is 1.82. The molecule has 0 heterocycles. The second-order valence-electron chi connectivity index (χ2n) is 4.18. The van der Waals surface area contributed by atoms with Crippen LogP contribution in [0.3, 0.4) is 0 Å². The van der Waals surface area contributed by atoms with Gasteiger partial charge in [-0.05, 0) is 43.0 Å². The standard InChI is InChI=1S/C15H18NO2/c1-12-6-3-4-9-15(12)18-11-13-7-5-8-14(10-13)16-17-2/h3-4,6-10,16H,5,11H2,1-2H3. The molecule has 1 aliphatic rings. The van der Waals surface area contributed by atoms with E-state index in [9.17, 15) is 0 Å². The molecule has 1 aromatic carbocycles. The summed E-state index contributed by atoms with van der Waals surface area (Å²) < 4.78 is 5.81. The smallest absolute Gasteiger partial charge is 0.122 e. The Bertz CT molecular complexity index is 463. The van der Waals surface area contributed by atoms with Gasteiger partial charge in [0.2, 0.25) is 0 Å². The molecule has 95 valence electrons. The molecule has 1 aliphatic carbocycles. The number of aryl methyl sites for hydroxylation is 1. The zero-order valence-electron chi connectivity index (χ0n) is 10.8. The van der Waals surface area contributed by atoms with Gasteiger partial charge in [-0.25, -0.2) is 0 Å². The van der Waals surface area contributed by atoms with Gasteiger partial charge in [-0.1, -0.05) is 24.3 Å². The highest BCUT2D eigenvalue weighted by molar-refractivity contribution is 5.35. The van der Waals surface area contributed by atoms with Crippen LogP contribution in [0.5, 0.6) is 5.75 Å². The first-order valence-electron chi connectivity index (χ1n) is 6.01. The molecule has 3 heteroatoms. The number of ether oxygens (including phenoxy) is 1. The number of hydrogen-bond acceptors (Lipinski definition) is 3. The van der Waals surface area contributed by atoms with Gasteiger partial charge in [0.05, 0.1) is 12.8 Å². The van der Waals surface area contributed by atoms with Crippen molar-refractivity contribution in [2.75, 3.05) is 13.7 Å². The van der Waals surface area contributed by atoms with E-state index in [1.54, 1.807) is 7.11 Å². The van der Waals surface area contributed by atoms with Crippen molar-refractivity contribution in [1.82, 2.24) is 5.48 Å². The van der Waals surface area contributed by atoms with Crippen molar-refractivity contribution in [2.24, 2.45) is 0 Å². The first kappa shape index (κ1) is 12.7. The number of nitrogens with one attached hydrogen (secondary N) is 1. The van der Waals surface area contributed by atoms with Crippen molar-refractivity contribution < 1.29 is 9.57 Å². The zero-order chi connectivity index (χ0) is 12.8. The summed E-state index contributed by atoms with van der Waals surface area (Å²) in [5, 5.41) is 0. The Kier molecular flexibility index (Phi) is 4.42. The minimum absolute atomic E-state index is 0.577. The van der Waals surface area contributed by atoms with E-state index in [-0.39, 0.29) is 0 Å². The summed E-state index contributed by atoms with van der Waals surface area (Å²) >= 11 is 0. The molecule has 3 nitrogen and oxygen atoms in total. The molecule has 0 unspecified atom stereocenters. The maximum atomic E-state index is 5.81. The van der Waals surface area contributed by atoms with Crippen LogP contribution in [0.25, 0.3) is 0 Å². The van der Waals surface area contributed by atoms with Gasteiger partial charge in [-0.15, -0.1) is 0 Å². The van der Waals surface area contributed by atoms with Crippen LogP contribution in [-0.4, -0.2) is 13.7 Å². The molecule has 1 radical (unpaired) electrons. The minimum Gasteiger partial charge on any atom is -0.489 e. The monoisotopic (exact) mass is 244 g/mol. The number of para-hydroxylation sites is 1. The first-order valence-corrected chi connectivity index (χ1v) is 6.01. The maximum Gasteiger partial charge on any atom is 0.122 e. The van der Waals surface area contributed by atoms with Gasteiger partial charge in [0.15, 0.2) is 0 Å². The second kappa shape index (κ2) is 6.26. The third-order valence-corrected chi connectivity index (χ3v) is 2.77. The molecule has 0 amide bonds. The molecule has 0 saturated heterocycles. The lowest BCUT2D eigenvalue weighted by atomic mass is 10.0. The number of rotatable bonds is 5. The lowest BCUT2D eigenvalue weighted by Gasteiger charge is -2.15. The Hall–Kier alpha value is -1.74. The number of hydrogen-bond donors (Lipinski definition) is 1. The predicted molar refractivity (Wildman–Crippen MR) is 71.9 cm³/mol. The molecule has 0 fully saturated rings. The summed E-state index contributed by atoms with van der Waals surface area (Å²) in [4.78, 5) is 4.89. The Morgan fingerprint density at radius 1 is 1.28 bits per heavy atom. The second-order valence-corrected chi connectivity index (χ2v) is 4.18. The van der Waals surface area contributed by atoms with Crippen molar-refractivity contribution >= 4 is 0 Å². The van der Waals surface area contributed by atoms with Gasteiger partial charge in [0.25, 0.3) is 0 Å². The number of allylic oxidation sites excluding steroid dienone is 2. The van der Waals surface area contributed by atoms with Gasteiger partial charge < -0.3 is 4.74 Å². The molecule has 2 rings (SSSR count). The molecule has 0 aliphatic heterocycles. The summed E-state index contributed by atoms with van der Waals surface area (Å²) in [6.07, 6.45) is 7.15. The van der Waals surface area contributed by atoms with E-state index in [1.807, 2.05) is 37.3 Å². The first-order chi connectivity index (χ1) is 8.79. The van der Waals surface area contributed by atoms with Crippen LogP contribution in [0, 0.1) is 13.3 Å². The third kappa shape index (κ3) is 3.37. The van der Waals surface area contributed by atoms with Crippen molar-refractivity contribution in [2.45, 2.75) is 13.3 Å². The number of benzene rings is 1. The Morgan fingerprint density at radius 2 is 2.11 bits per heavy atom. The SMILES string of the molecule is CONC1=CC[CH]C(COc2ccccc2C)=C1. The van der Waals surface area contributed by atoms with Gasteiger partial charge in [-0.3, -0.25) is 10.3 Å². The molecule has 0 bridgehead atoms. The van der Waals surface area contributed by atoms with Gasteiger partial charge in [0, 0.05) is 0 Å². The van der Waals surface area contributed by atoms with Crippen LogP contribution in [0.2, 0.25) is 0 Å². The van der Waals surface area contributed by atoms with Gasteiger partial charge >= 0.3 is 0 Å². The number of hydroxylamine groups is 1. The van der Waals surface area contributed by atoms with Crippen LogP contribution >= 0.6 is 0 Å². The highest BCUT2D eigenvalue weighted by Crippen LogP contribution is 2.20. The fraction of sp³-hybridized carbons (Fsp3) is 0.267. The Balaban J connectivity index is 1.94. The van der Waals surface area contributed by atoms with Crippen molar-refractivity contribution in [3.63, 3.8) is 0 Å². The minimum atomic E-state index is 0.577. The average Bonchev–Trinajstić information content (AvgIpc) is 2.39. The van der Waals surface area contributed by atoms with E-state index in [0.717, 1.165) is 29.0 Å². The van der Waals surface area contributed by atoms with Crippen LogP contribution in [0.4, 0.5) is 0 Å².